The van der Waals surface area contributed by atoms with Crippen molar-refractivity contribution in [1.82, 2.24) is 20.9 Å². The Labute approximate surface area is 221 Å². The highest BCUT2D eigenvalue weighted by Gasteiger charge is 2.38. The summed E-state index contributed by atoms with van der Waals surface area (Å²) in [4.78, 5) is 74.0. The van der Waals surface area contributed by atoms with Gasteiger partial charge in [0.25, 0.3) is 21.9 Å². The van der Waals surface area contributed by atoms with Crippen LogP contribution in [0.25, 0.3) is 0 Å². The van der Waals surface area contributed by atoms with Crippen LogP contribution >= 0.6 is 0 Å². The van der Waals surface area contributed by atoms with E-state index in [9.17, 15) is 41.7 Å². The van der Waals surface area contributed by atoms with E-state index in [1.807, 2.05) is 0 Å². The van der Waals surface area contributed by atoms with E-state index in [0.29, 0.717) is 11.3 Å². The molecule has 15 heteroatoms. The molecule has 214 valence electrons. The molecule has 6 amide bonds. The summed E-state index contributed by atoms with van der Waals surface area (Å²) < 4.78 is 33.5. The second kappa shape index (κ2) is 13.5. The van der Waals surface area contributed by atoms with Crippen LogP contribution in [0.1, 0.15) is 53.9 Å². The molecule has 1 aliphatic rings. The lowest BCUT2D eigenvalue weighted by Gasteiger charge is -2.29. The number of imide groups is 1. The quantitative estimate of drug-likeness (QED) is 0.102. The van der Waals surface area contributed by atoms with Crippen molar-refractivity contribution in [3.8, 4) is 0 Å². The van der Waals surface area contributed by atoms with Crippen LogP contribution < -0.4 is 21.7 Å². The molecule has 0 aromatic carbocycles. The fraction of sp³-hybridized carbons (Fsp3) is 0.652. The molecule has 0 aromatic rings. The number of carbonyl (C=O) groups is 6. The first-order valence-corrected chi connectivity index (χ1v) is 13.5. The van der Waals surface area contributed by atoms with Crippen LogP contribution in [-0.2, 0) is 34.1 Å². The first-order valence-electron chi connectivity index (χ1n) is 12.0. The average molecular weight is 560 g/mol. The van der Waals surface area contributed by atoms with Crippen LogP contribution in [0, 0.1) is 11.3 Å². The van der Waals surface area contributed by atoms with E-state index >= 15 is 0 Å². The predicted octanol–water partition coefficient (Wildman–Crippen LogP) is -0.753. The number of carbonyl (C=O) groups excluding carboxylic acids is 6. The third-order valence-electron chi connectivity index (χ3n) is 5.76. The standard InChI is InChI=1S/C23H37N5O9S/c1-13(2)18(21(33)26-14(19(31)23(3,4)5)7-6-11-25-22(24)34)27-20(32)15(38(35,36)37)10-12-28-16(29)8-9-17(28)30/h8-9,13-15,18H,6-7,10-12H2,1-5H3,(H,26,33)(H,27,32)(H3,24,25,34)(H,35,36,37)/t14-,15+,18?/m0/s1. The molecule has 1 rings (SSSR count). The highest BCUT2D eigenvalue weighted by atomic mass is 32.2. The first kappa shape index (κ1) is 32.7. The molecular formula is C23H37N5O9S. The van der Waals surface area contributed by atoms with Crippen LogP contribution in [0.2, 0.25) is 0 Å². The first-order chi connectivity index (χ1) is 17.4. The van der Waals surface area contributed by atoms with Gasteiger partial charge in [-0.2, -0.15) is 8.42 Å². The molecule has 1 aliphatic heterocycles. The summed E-state index contributed by atoms with van der Waals surface area (Å²) in [6.45, 7) is 7.87. The topological polar surface area (TPSA) is 222 Å². The van der Waals surface area contributed by atoms with Crippen LogP contribution in [0.3, 0.4) is 0 Å². The largest absolute Gasteiger partial charge is 0.352 e. The highest BCUT2D eigenvalue weighted by molar-refractivity contribution is 7.87. The molecule has 0 saturated carbocycles. The number of primary amides is 1. The van der Waals surface area contributed by atoms with E-state index < -0.39 is 81.4 Å². The van der Waals surface area contributed by atoms with Gasteiger partial charge in [-0.3, -0.25) is 33.4 Å². The summed E-state index contributed by atoms with van der Waals surface area (Å²) in [5.41, 5.74) is 4.20. The summed E-state index contributed by atoms with van der Waals surface area (Å²) in [5.74, 6) is -4.22. The van der Waals surface area contributed by atoms with E-state index in [2.05, 4.69) is 16.0 Å². The lowest BCUT2D eigenvalue weighted by atomic mass is 9.84. The van der Waals surface area contributed by atoms with Crippen molar-refractivity contribution in [3.63, 3.8) is 0 Å². The predicted molar refractivity (Wildman–Crippen MR) is 136 cm³/mol. The number of ketones is 1. The van der Waals surface area contributed by atoms with Gasteiger partial charge in [-0.1, -0.05) is 34.6 Å². The average Bonchev–Trinajstić information content (AvgIpc) is 3.09. The molecule has 0 aromatic heterocycles. The van der Waals surface area contributed by atoms with Gasteiger partial charge in [0.1, 0.15) is 6.04 Å². The minimum Gasteiger partial charge on any atom is -0.352 e. The number of rotatable bonds is 14. The fourth-order valence-corrected chi connectivity index (χ4v) is 4.41. The number of nitrogens with one attached hydrogen (secondary N) is 3. The molecule has 0 saturated heterocycles. The van der Waals surface area contributed by atoms with Gasteiger partial charge >= 0.3 is 6.03 Å². The fourth-order valence-electron chi connectivity index (χ4n) is 3.67. The number of hydrogen-bond donors (Lipinski definition) is 5. The molecule has 1 unspecified atom stereocenters. The van der Waals surface area contributed by atoms with E-state index in [4.69, 9.17) is 5.73 Å². The van der Waals surface area contributed by atoms with Gasteiger partial charge in [-0.05, 0) is 25.2 Å². The molecule has 0 bridgehead atoms. The van der Waals surface area contributed by atoms with Gasteiger partial charge < -0.3 is 21.7 Å². The van der Waals surface area contributed by atoms with Gasteiger partial charge in [0.15, 0.2) is 11.0 Å². The second-order valence-corrected chi connectivity index (χ2v) is 11.9. The molecule has 0 fully saturated rings. The van der Waals surface area contributed by atoms with Crippen molar-refractivity contribution in [3.05, 3.63) is 12.2 Å². The minimum absolute atomic E-state index is 0.153. The third kappa shape index (κ3) is 9.85. The maximum atomic E-state index is 13.1. The maximum absolute atomic E-state index is 13.1. The van der Waals surface area contributed by atoms with Crippen LogP contribution in [0.4, 0.5) is 4.79 Å². The Kier molecular flexibility index (Phi) is 11.6. The molecule has 0 radical (unpaired) electrons. The lowest BCUT2D eigenvalue weighted by Crippen LogP contribution is -2.57. The summed E-state index contributed by atoms with van der Waals surface area (Å²) in [6, 6.07) is -3.01. The molecule has 38 heavy (non-hydrogen) atoms. The van der Waals surface area contributed by atoms with Gasteiger partial charge in [0.2, 0.25) is 11.8 Å². The van der Waals surface area contributed by atoms with Gasteiger partial charge in [0.05, 0.1) is 6.04 Å². The van der Waals surface area contributed by atoms with Crippen molar-refractivity contribution < 1.29 is 41.7 Å². The SMILES string of the molecule is CC(C)C(NC(=O)[C@@H](CCN1C(=O)C=CC1=O)S(=O)(=O)O)C(=O)N[C@@H](CCCNC(N)=O)C(=O)C(C)(C)C. The van der Waals surface area contributed by atoms with Crippen LogP contribution in [0.5, 0.6) is 0 Å². The summed E-state index contributed by atoms with van der Waals surface area (Å²) in [7, 11) is -4.98. The van der Waals surface area contributed by atoms with Crippen molar-refractivity contribution >= 4 is 45.6 Å². The maximum Gasteiger partial charge on any atom is 0.312 e. The Bertz CT molecular complexity index is 1060. The minimum atomic E-state index is -4.98. The van der Waals surface area contributed by atoms with Gasteiger partial charge in [-0.15, -0.1) is 0 Å². The Balaban J connectivity index is 3.02. The second-order valence-electron chi connectivity index (χ2n) is 10.3. The van der Waals surface area contributed by atoms with Gasteiger partial charge in [0, 0.05) is 30.7 Å². The zero-order chi connectivity index (χ0) is 29.4. The number of amides is 6. The molecule has 0 aliphatic carbocycles. The normalized spacial score (nSPS) is 16.2. The number of nitrogens with two attached hydrogens (primary N) is 1. The summed E-state index contributed by atoms with van der Waals surface area (Å²) >= 11 is 0. The van der Waals surface area contributed by atoms with Crippen molar-refractivity contribution in [2.75, 3.05) is 13.1 Å². The highest BCUT2D eigenvalue weighted by Crippen LogP contribution is 2.20. The number of urea groups is 1. The van der Waals surface area contributed by atoms with Crippen molar-refractivity contribution in [1.29, 1.82) is 0 Å². The summed E-state index contributed by atoms with van der Waals surface area (Å²) in [6.07, 6.45) is 1.84. The molecule has 6 N–H and O–H groups in total. The number of nitrogens with zero attached hydrogens (tertiary/aromatic N) is 1. The molecule has 3 atom stereocenters. The van der Waals surface area contributed by atoms with Crippen LogP contribution in [0.15, 0.2) is 12.2 Å². The monoisotopic (exact) mass is 559 g/mol. The van der Waals surface area contributed by atoms with Gasteiger partial charge in [-0.25, -0.2) is 4.79 Å². The molecule has 14 nitrogen and oxygen atoms in total. The zero-order valence-corrected chi connectivity index (χ0v) is 23.0. The molecule has 0 spiro atoms. The van der Waals surface area contributed by atoms with Crippen molar-refractivity contribution in [2.45, 2.75) is 71.2 Å². The third-order valence-corrected chi connectivity index (χ3v) is 6.92. The Morgan fingerprint density at radius 2 is 1.55 bits per heavy atom. The Hall–Kier alpha value is -3.33. The van der Waals surface area contributed by atoms with E-state index in [-0.39, 0.29) is 18.7 Å². The Morgan fingerprint density at radius 1 is 1.00 bits per heavy atom. The van der Waals surface area contributed by atoms with Crippen LogP contribution in [-0.4, -0.2) is 83.7 Å². The Morgan fingerprint density at radius 3 is 2.00 bits per heavy atom. The lowest BCUT2D eigenvalue weighted by molar-refractivity contribution is -0.137. The van der Waals surface area contributed by atoms with E-state index in [0.717, 1.165) is 12.2 Å². The number of Topliss-reactive ketones (excluding diaryl/α,β-unsaturated/α-hetero) is 1. The van der Waals surface area contributed by atoms with Crippen molar-refractivity contribution in [2.24, 2.45) is 17.1 Å². The van der Waals surface area contributed by atoms with E-state index in [1.165, 1.54) is 0 Å². The number of hydrogen-bond acceptors (Lipinski definition) is 8. The molecular weight excluding hydrogens is 522 g/mol. The molecule has 1 heterocycles. The smallest absolute Gasteiger partial charge is 0.312 e. The summed E-state index contributed by atoms with van der Waals surface area (Å²) in [5, 5.41) is 5.23. The van der Waals surface area contributed by atoms with E-state index in [1.54, 1.807) is 34.6 Å². The zero-order valence-electron chi connectivity index (χ0n) is 22.1.